The van der Waals surface area contributed by atoms with E-state index in [0.717, 1.165) is 60.7 Å². The Kier molecular flexibility index (Phi) is 7.79. The number of hydrogen-bond acceptors (Lipinski definition) is 5. The molecular formula is C25H32F6N4O3. The molecule has 3 heterocycles. The number of amides is 2. The highest BCUT2D eigenvalue weighted by Crippen LogP contribution is 2.44. The zero-order chi connectivity index (χ0) is 27.9. The van der Waals surface area contributed by atoms with Gasteiger partial charge in [0.1, 0.15) is 0 Å². The van der Waals surface area contributed by atoms with Crippen molar-refractivity contribution in [3.8, 4) is 0 Å². The molecule has 4 rings (SSSR count). The summed E-state index contributed by atoms with van der Waals surface area (Å²) in [6.45, 7) is 7.96. The minimum Gasteiger partial charge on any atom is -0.426 e. The number of benzene rings is 1. The number of nitrogens with zero attached hydrogens (tertiary/aromatic N) is 4. The summed E-state index contributed by atoms with van der Waals surface area (Å²) in [7, 11) is 0. The van der Waals surface area contributed by atoms with E-state index in [9.17, 15) is 35.9 Å². The lowest BCUT2D eigenvalue weighted by Crippen LogP contribution is -2.61. The van der Waals surface area contributed by atoms with Gasteiger partial charge in [-0.15, -0.1) is 0 Å². The van der Waals surface area contributed by atoms with E-state index < -0.39 is 24.5 Å². The van der Waals surface area contributed by atoms with Gasteiger partial charge in [-0.2, -0.15) is 26.3 Å². The molecule has 0 unspecified atom stereocenters. The first kappa shape index (κ1) is 28.3. The molecule has 2 amide bonds. The summed E-state index contributed by atoms with van der Waals surface area (Å²) in [6, 6.07) is 6.16. The summed E-state index contributed by atoms with van der Waals surface area (Å²) in [6.07, 6.45) is -15.3. The molecule has 0 atom stereocenters. The van der Waals surface area contributed by atoms with Crippen LogP contribution in [-0.4, -0.2) is 97.5 Å². The summed E-state index contributed by atoms with van der Waals surface area (Å²) in [5.41, 5.74) is 3.47. The molecule has 13 heteroatoms. The number of carbonyl (C=O) groups is 2. The summed E-state index contributed by atoms with van der Waals surface area (Å²) < 4.78 is 80.2. The quantitative estimate of drug-likeness (QED) is 0.527. The van der Waals surface area contributed by atoms with Crippen molar-refractivity contribution in [2.45, 2.75) is 51.7 Å². The molecule has 0 aliphatic carbocycles. The van der Waals surface area contributed by atoms with Gasteiger partial charge < -0.3 is 19.4 Å². The number of alkyl halides is 6. The number of ether oxygens (including phenoxy) is 1. The lowest BCUT2D eigenvalue weighted by Gasteiger charge is -2.55. The van der Waals surface area contributed by atoms with Gasteiger partial charge in [0.05, 0.1) is 0 Å². The van der Waals surface area contributed by atoms with Crippen LogP contribution < -0.4 is 4.90 Å². The average molecular weight is 551 g/mol. The molecule has 3 fully saturated rings. The van der Waals surface area contributed by atoms with E-state index in [4.69, 9.17) is 0 Å². The van der Waals surface area contributed by atoms with Gasteiger partial charge in [0.15, 0.2) is 0 Å². The van der Waals surface area contributed by atoms with Crippen LogP contribution in [0.2, 0.25) is 0 Å². The van der Waals surface area contributed by atoms with Crippen LogP contribution >= 0.6 is 0 Å². The van der Waals surface area contributed by atoms with Gasteiger partial charge in [0.25, 0.3) is 6.10 Å². The fourth-order valence-corrected chi connectivity index (χ4v) is 5.47. The van der Waals surface area contributed by atoms with Crippen LogP contribution in [0.15, 0.2) is 18.2 Å². The van der Waals surface area contributed by atoms with Crippen molar-refractivity contribution in [3.63, 3.8) is 0 Å². The number of rotatable bonds is 4. The Hall–Kier alpha value is -2.70. The summed E-state index contributed by atoms with van der Waals surface area (Å²) in [5, 5.41) is 0. The number of anilines is 1. The molecule has 0 radical (unpaired) electrons. The molecule has 0 aromatic heterocycles. The Labute approximate surface area is 217 Å². The largest absolute Gasteiger partial charge is 0.434 e. The molecule has 3 saturated heterocycles. The van der Waals surface area contributed by atoms with Crippen LogP contribution in [0.4, 0.5) is 36.8 Å². The zero-order valence-corrected chi connectivity index (χ0v) is 21.4. The third-order valence-corrected chi connectivity index (χ3v) is 7.74. The van der Waals surface area contributed by atoms with E-state index in [1.807, 2.05) is 28.9 Å². The molecule has 1 aromatic carbocycles. The number of likely N-dealkylation sites (tertiary alicyclic amines) is 1. The molecule has 0 saturated carbocycles. The number of carbonyl (C=O) groups excluding carboxylic acids is 2. The van der Waals surface area contributed by atoms with Crippen molar-refractivity contribution in [2.75, 3.05) is 57.3 Å². The number of hydrogen-bond donors (Lipinski definition) is 0. The number of halogens is 6. The maximum atomic E-state index is 12.7. The molecular weight excluding hydrogens is 518 g/mol. The Balaban J connectivity index is 1.32. The van der Waals surface area contributed by atoms with E-state index >= 15 is 0 Å². The Morgan fingerprint density at radius 3 is 2.03 bits per heavy atom. The summed E-state index contributed by atoms with van der Waals surface area (Å²) in [4.78, 5) is 30.8. The van der Waals surface area contributed by atoms with Gasteiger partial charge in [-0.25, -0.2) is 4.79 Å². The highest BCUT2D eigenvalue weighted by Gasteiger charge is 2.60. The van der Waals surface area contributed by atoms with Crippen molar-refractivity contribution >= 4 is 17.7 Å². The van der Waals surface area contributed by atoms with Gasteiger partial charge in [-0.05, 0) is 37.0 Å². The minimum atomic E-state index is -5.74. The van der Waals surface area contributed by atoms with Gasteiger partial charge in [-0.1, -0.05) is 12.1 Å². The van der Waals surface area contributed by atoms with Crippen LogP contribution in [0.1, 0.15) is 30.9 Å². The van der Waals surface area contributed by atoms with Crippen LogP contribution in [-0.2, 0) is 16.1 Å². The predicted octanol–water partition coefficient (Wildman–Crippen LogP) is 4.19. The summed E-state index contributed by atoms with van der Waals surface area (Å²) in [5.74, 6) is 0.103. The molecule has 212 valence electrons. The Morgan fingerprint density at radius 1 is 0.921 bits per heavy atom. The molecule has 0 bridgehead atoms. The van der Waals surface area contributed by atoms with Crippen molar-refractivity contribution in [2.24, 2.45) is 5.41 Å². The smallest absolute Gasteiger partial charge is 0.426 e. The first-order valence-electron chi connectivity index (χ1n) is 12.6. The molecule has 3 aliphatic heterocycles. The van der Waals surface area contributed by atoms with Crippen molar-refractivity contribution in [3.05, 3.63) is 29.3 Å². The molecule has 7 nitrogen and oxygen atoms in total. The van der Waals surface area contributed by atoms with Crippen molar-refractivity contribution in [1.82, 2.24) is 14.7 Å². The van der Waals surface area contributed by atoms with Gasteiger partial charge >= 0.3 is 18.4 Å². The van der Waals surface area contributed by atoms with E-state index in [1.54, 1.807) is 6.92 Å². The highest BCUT2D eigenvalue weighted by molar-refractivity contribution is 5.73. The third-order valence-electron chi connectivity index (χ3n) is 7.74. The fourth-order valence-electron chi connectivity index (χ4n) is 5.47. The van der Waals surface area contributed by atoms with Crippen LogP contribution in [0.25, 0.3) is 0 Å². The molecule has 0 N–H and O–H groups in total. The number of aryl methyl sites for hydroxylation is 1. The second kappa shape index (κ2) is 10.5. The maximum absolute atomic E-state index is 12.7. The minimum absolute atomic E-state index is 0.0397. The third kappa shape index (κ3) is 6.29. The molecule has 3 aliphatic rings. The van der Waals surface area contributed by atoms with E-state index in [1.165, 1.54) is 0 Å². The summed E-state index contributed by atoms with van der Waals surface area (Å²) >= 11 is 0. The lowest BCUT2D eigenvalue weighted by molar-refractivity contribution is -0.308. The van der Waals surface area contributed by atoms with E-state index in [2.05, 4.69) is 15.7 Å². The monoisotopic (exact) mass is 550 g/mol. The lowest BCUT2D eigenvalue weighted by atomic mass is 9.71. The second-order valence-corrected chi connectivity index (χ2v) is 10.6. The van der Waals surface area contributed by atoms with Crippen LogP contribution in [0.5, 0.6) is 0 Å². The SMILES string of the molecule is CC(=O)N1CCC2(CC1)CN(c1cc(C)ccc1CN1CCN(C(=O)OC(C(F)(F)F)C(F)(F)F)CC1)C2. The standard InChI is InChI=1S/C25H32F6N4O3/c1-17-3-4-19(20(13-17)35-15-23(16-35)5-7-33(8-6-23)18(2)36)14-32-9-11-34(12-10-32)22(37)38-21(24(26,27)28)25(29,30)31/h3-4,13,21H,5-12,14-16H2,1-2H3. The molecule has 1 aromatic rings. The van der Waals surface area contributed by atoms with Gasteiger partial charge in [0.2, 0.25) is 5.91 Å². The van der Waals surface area contributed by atoms with E-state index in [-0.39, 0.29) is 37.5 Å². The normalized spacial score (nSPS) is 20.6. The van der Waals surface area contributed by atoms with Gasteiger partial charge in [-0.3, -0.25) is 9.69 Å². The van der Waals surface area contributed by atoms with Crippen molar-refractivity contribution < 1.29 is 40.7 Å². The highest BCUT2D eigenvalue weighted by atomic mass is 19.4. The fraction of sp³-hybridized carbons (Fsp3) is 0.680. The van der Waals surface area contributed by atoms with Crippen LogP contribution in [0.3, 0.4) is 0 Å². The average Bonchev–Trinajstić information content (AvgIpc) is 2.81. The van der Waals surface area contributed by atoms with E-state index in [0.29, 0.717) is 6.54 Å². The molecule has 38 heavy (non-hydrogen) atoms. The van der Waals surface area contributed by atoms with Gasteiger partial charge in [0, 0.05) is 76.9 Å². The maximum Gasteiger partial charge on any atom is 0.434 e. The zero-order valence-electron chi connectivity index (χ0n) is 21.4. The second-order valence-electron chi connectivity index (χ2n) is 10.6. The predicted molar refractivity (Wildman–Crippen MR) is 127 cm³/mol. The van der Waals surface area contributed by atoms with Crippen molar-refractivity contribution in [1.29, 1.82) is 0 Å². The first-order chi connectivity index (χ1) is 17.7. The first-order valence-corrected chi connectivity index (χ1v) is 12.6. The van der Waals surface area contributed by atoms with Crippen LogP contribution in [0, 0.1) is 12.3 Å². The number of piperidine rings is 1. The number of piperazine rings is 1. The molecule has 1 spiro atoms. The Bertz CT molecular complexity index is 1010. The topological polar surface area (TPSA) is 56.3 Å². The Morgan fingerprint density at radius 2 is 1.50 bits per heavy atom.